The Hall–Kier alpha value is -6.42. The van der Waals surface area contributed by atoms with Crippen molar-refractivity contribution >= 4 is 46.4 Å². The number of nitrogen functional groups attached to an aromatic ring is 2. The fourth-order valence-electron chi connectivity index (χ4n) is 6.21. The fraction of sp³-hybridized carbons (Fsp3) is 0.150. The van der Waals surface area contributed by atoms with Gasteiger partial charge in [-0.3, -0.25) is 19.2 Å². The van der Waals surface area contributed by atoms with Crippen molar-refractivity contribution in [2.45, 2.75) is 39.9 Å². The summed E-state index contributed by atoms with van der Waals surface area (Å²) in [6.07, 6.45) is -0.786. The summed E-state index contributed by atoms with van der Waals surface area (Å²) < 4.78 is 12.4. The van der Waals surface area contributed by atoms with Gasteiger partial charge in [0.2, 0.25) is 0 Å². The first-order chi connectivity index (χ1) is 23.9. The van der Waals surface area contributed by atoms with Gasteiger partial charge in [-0.1, -0.05) is 36.4 Å². The molecule has 4 amide bonds. The minimum atomic E-state index is -0.546. The molecule has 10 nitrogen and oxygen atoms in total. The molecule has 0 atom stereocenters. The normalized spacial score (nSPS) is 13.8. The van der Waals surface area contributed by atoms with Crippen LogP contribution in [0.15, 0.2) is 97.1 Å². The molecule has 4 N–H and O–H groups in total. The summed E-state index contributed by atoms with van der Waals surface area (Å²) in [5.74, 6) is -1.93. The molecular weight excluding hydrogens is 632 g/mol. The zero-order valence-corrected chi connectivity index (χ0v) is 27.9. The van der Waals surface area contributed by atoms with E-state index in [1.165, 1.54) is 12.1 Å². The van der Waals surface area contributed by atoms with Gasteiger partial charge in [0.05, 0.1) is 45.8 Å². The van der Waals surface area contributed by atoms with E-state index in [-0.39, 0.29) is 45.1 Å². The van der Waals surface area contributed by atoms with E-state index in [1.54, 1.807) is 88.4 Å². The Morgan fingerprint density at radius 1 is 0.440 bits per heavy atom. The minimum absolute atomic E-state index is 0.124. The van der Waals surface area contributed by atoms with Gasteiger partial charge in [-0.05, 0) is 98.5 Å². The topological polar surface area (TPSA) is 145 Å². The van der Waals surface area contributed by atoms with Crippen molar-refractivity contribution in [1.82, 2.24) is 0 Å². The van der Waals surface area contributed by atoms with E-state index in [4.69, 9.17) is 20.9 Å². The van der Waals surface area contributed by atoms with Gasteiger partial charge < -0.3 is 20.9 Å². The van der Waals surface area contributed by atoms with Crippen molar-refractivity contribution in [2.75, 3.05) is 21.3 Å². The van der Waals surface area contributed by atoms with Crippen molar-refractivity contribution in [3.05, 3.63) is 119 Å². The van der Waals surface area contributed by atoms with E-state index in [9.17, 15) is 19.2 Å². The third-order valence-electron chi connectivity index (χ3n) is 8.51. The highest BCUT2D eigenvalue weighted by Crippen LogP contribution is 2.46. The number of carbonyl (C=O) groups excluding carboxylic acids is 4. The maximum absolute atomic E-state index is 14.0. The molecule has 2 heterocycles. The summed E-state index contributed by atoms with van der Waals surface area (Å²) in [6.45, 7) is 7.18. The quantitative estimate of drug-likeness (QED) is 0.129. The number of imide groups is 2. The van der Waals surface area contributed by atoms with Gasteiger partial charge in [-0.25, -0.2) is 9.80 Å². The number of benzene rings is 5. The molecule has 0 aromatic heterocycles. The molecule has 0 saturated heterocycles. The smallest absolute Gasteiger partial charge is 0.266 e. The Bertz CT molecular complexity index is 2070. The molecule has 0 radical (unpaired) electrons. The lowest BCUT2D eigenvalue weighted by Crippen LogP contribution is -2.32. The van der Waals surface area contributed by atoms with Crippen LogP contribution in [0.1, 0.15) is 69.1 Å². The Balaban J connectivity index is 1.31. The standard InChI is InChI=1S/C40H34N4O6/c1-21(2)49-35-19-34(44-38(46)30-16-10-26(18-32(30)40(44)48)24-7-13-28(42)14-8-24)36(50-22(3)4)20-33(35)43-37(45)29-15-9-25(17-31(29)39(43)47)23-5-11-27(41)12-6-23/h5-22H,41-42H2,1-4H3. The molecule has 10 heteroatoms. The Morgan fingerprint density at radius 2 is 0.760 bits per heavy atom. The van der Waals surface area contributed by atoms with Gasteiger partial charge in [-0.2, -0.15) is 0 Å². The van der Waals surface area contributed by atoms with E-state index in [2.05, 4.69) is 0 Å². The Kier molecular flexibility index (Phi) is 7.86. The predicted molar refractivity (Wildman–Crippen MR) is 193 cm³/mol. The molecule has 0 aliphatic carbocycles. The molecule has 50 heavy (non-hydrogen) atoms. The highest BCUT2D eigenvalue weighted by Gasteiger charge is 2.42. The summed E-state index contributed by atoms with van der Waals surface area (Å²) in [4.78, 5) is 58.0. The number of rotatable bonds is 8. The molecule has 2 aliphatic heterocycles. The van der Waals surface area contributed by atoms with Crippen LogP contribution in [0.5, 0.6) is 11.5 Å². The van der Waals surface area contributed by atoms with E-state index >= 15 is 0 Å². The first-order valence-electron chi connectivity index (χ1n) is 16.2. The van der Waals surface area contributed by atoms with Crippen LogP contribution in [0.3, 0.4) is 0 Å². The van der Waals surface area contributed by atoms with Gasteiger partial charge in [-0.15, -0.1) is 0 Å². The van der Waals surface area contributed by atoms with Crippen LogP contribution >= 0.6 is 0 Å². The summed E-state index contributed by atoms with van der Waals surface area (Å²) in [5, 5.41) is 0. The molecule has 250 valence electrons. The van der Waals surface area contributed by atoms with E-state index in [0.29, 0.717) is 11.4 Å². The van der Waals surface area contributed by atoms with Crippen LogP contribution in [-0.4, -0.2) is 35.8 Å². The highest BCUT2D eigenvalue weighted by atomic mass is 16.5. The third kappa shape index (κ3) is 5.50. The number of fused-ring (bicyclic) bond motifs is 2. The summed E-state index contributed by atoms with van der Waals surface area (Å²) in [5.41, 5.74) is 17.3. The number of hydrogen-bond acceptors (Lipinski definition) is 8. The van der Waals surface area contributed by atoms with Crippen LogP contribution in [0.2, 0.25) is 0 Å². The van der Waals surface area contributed by atoms with Gasteiger partial charge in [0.1, 0.15) is 11.5 Å². The third-order valence-corrected chi connectivity index (χ3v) is 8.51. The second-order valence-electron chi connectivity index (χ2n) is 12.8. The maximum Gasteiger partial charge on any atom is 0.266 e. The zero-order valence-electron chi connectivity index (χ0n) is 27.9. The second kappa shape index (κ2) is 12.2. The van der Waals surface area contributed by atoms with Gasteiger partial charge in [0, 0.05) is 23.5 Å². The Morgan fingerprint density at radius 3 is 1.10 bits per heavy atom. The van der Waals surface area contributed by atoms with E-state index in [1.807, 2.05) is 24.3 Å². The lowest BCUT2D eigenvalue weighted by atomic mass is 10.00. The van der Waals surface area contributed by atoms with Crippen molar-refractivity contribution in [3.8, 4) is 33.8 Å². The monoisotopic (exact) mass is 666 g/mol. The van der Waals surface area contributed by atoms with E-state index in [0.717, 1.165) is 32.1 Å². The first kappa shape index (κ1) is 32.1. The number of hydrogen-bond donors (Lipinski definition) is 2. The Labute approximate surface area is 288 Å². The number of nitrogens with two attached hydrogens (primary N) is 2. The zero-order chi connectivity index (χ0) is 35.4. The molecule has 7 rings (SSSR count). The van der Waals surface area contributed by atoms with Crippen LogP contribution in [-0.2, 0) is 0 Å². The molecule has 0 fully saturated rings. The summed E-state index contributed by atoms with van der Waals surface area (Å²) in [7, 11) is 0. The largest absolute Gasteiger partial charge is 0.489 e. The van der Waals surface area contributed by atoms with Gasteiger partial charge in [0.25, 0.3) is 23.6 Å². The molecule has 5 aromatic rings. The van der Waals surface area contributed by atoms with Gasteiger partial charge in [0.15, 0.2) is 0 Å². The molecule has 5 aromatic carbocycles. The second-order valence-corrected chi connectivity index (χ2v) is 12.8. The van der Waals surface area contributed by atoms with Crippen LogP contribution in [0.4, 0.5) is 22.7 Å². The highest BCUT2D eigenvalue weighted by molar-refractivity contribution is 6.36. The molecular formula is C40H34N4O6. The van der Waals surface area contributed by atoms with E-state index < -0.39 is 35.8 Å². The van der Waals surface area contributed by atoms with Crippen molar-refractivity contribution in [2.24, 2.45) is 0 Å². The lowest BCUT2D eigenvalue weighted by Gasteiger charge is -2.26. The average Bonchev–Trinajstić information content (AvgIpc) is 3.48. The molecule has 0 saturated carbocycles. The number of nitrogens with zero attached hydrogens (tertiary/aromatic N) is 2. The average molecular weight is 667 g/mol. The van der Waals surface area contributed by atoms with Crippen molar-refractivity contribution in [1.29, 1.82) is 0 Å². The number of carbonyl (C=O) groups is 4. The lowest BCUT2D eigenvalue weighted by molar-refractivity contribution is 0.0906. The predicted octanol–water partition coefficient (Wildman–Crippen LogP) is 7.36. The van der Waals surface area contributed by atoms with Crippen LogP contribution in [0, 0.1) is 0 Å². The van der Waals surface area contributed by atoms with Gasteiger partial charge >= 0.3 is 0 Å². The maximum atomic E-state index is 14.0. The van der Waals surface area contributed by atoms with Crippen molar-refractivity contribution < 1.29 is 28.7 Å². The molecule has 0 spiro atoms. The number of anilines is 4. The SMILES string of the molecule is CC(C)Oc1cc(N2C(=O)c3ccc(-c4ccc(N)cc4)cc3C2=O)c(OC(C)C)cc1N1C(=O)c2ccc(-c3ccc(N)cc3)cc2C1=O. The molecule has 2 aliphatic rings. The summed E-state index contributed by atoms with van der Waals surface area (Å²) in [6, 6.07) is 27.6. The molecule has 0 bridgehead atoms. The fourth-order valence-corrected chi connectivity index (χ4v) is 6.21. The number of amides is 4. The summed E-state index contributed by atoms with van der Waals surface area (Å²) >= 11 is 0. The van der Waals surface area contributed by atoms with Crippen LogP contribution < -0.4 is 30.7 Å². The number of ether oxygens (including phenoxy) is 2. The minimum Gasteiger partial charge on any atom is -0.489 e. The van der Waals surface area contributed by atoms with Crippen LogP contribution in [0.25, 0.3) is 22.3 Å². The first-order valence-corrected chi connectivity index (χ1v) is 16.2. The molecule has 0 unspecified atom stereocenters. The van der Waals surface area contributed by atoms with Crippen molar-refractivity contribution in [3.63, 3.8) is 0 Å².